The number of piperidine rings is 1. The Morgan fingerprint density at radius 3 is 2.32 bits per heavy atom. The maximum Gasteiger partial charge on any atom is 0.191 e. The highest BCUT2D eigenvalue weighted by Gasteiger charge is 2.18. The van der Waals surface area contributed by atoms with Gasteiger partial charge in [0.25, 0.3) is 0 Å². The molecule has 1 saturated heterocycles. The normalized spacial score (nSPS) is 15.0. The van der Waals surface area contributed by atoms with Crippen molar-refractivity contribution in [1.29, 1.82) is 0 Å². The maximum absolute atomic E-state index is 4.58. The summed E-state index contributed by atoms with van der Waals surface area (Å²) < 4.78 is 3.41. The molecule has 6 heteroatoms. The van der Waals surface area contributed by atoms with Crippen molar-refractivity contribution in [3.8, 4) is 0 Å². The topological polar surface area (TPSA) is 34.0 Å². The van der Waals surface area contributed by atoms with E-state index in [1.54, 1.807) is 11.8 Å². The van der Waals surface area contributed by atoms with Gasteiger partial charge in [-0.3, -0.25) is 4.90 Å². The van der Waals surface area contributed by atoms with E-state index in [1.807, 2.05) is 0 Å². The van der Waals surface area contributed by atoms with Crippen LogP contribution in [-0.4, -0.2) is 32.8 Å². The highest BCUT2D eigenvalue weighted by Crippen LogP contribution is 2.25. The number of aromatic nitrogens is 3. The molecule has 0 amide bonds. The molecule has 1 aromatic heterocycles. The first-order valence-corrected chi connectivity index (χ1v) is 11.6. The van der Waals surface area contributed by atoms with Crippen molar-refractivity contribution in [3.05, 3.63) is 76.0 Å². The molecule has 2 aromatic carbocycles. The number of nitrogens with zero attached hydrogens (tertiary/aromatic N) is 4. The molecular formula is C22H25BrN4S. The van der Waals surface area contributed by atoms with E-state index >= 15 is 0 Å². The smallest absolute Gasteiger partial charge is 0.191 e. The molecule has 2 heterocycles. The predicted octanol–water partition coefficient (Wildman–Crippen LogP) is 5.37. The molecule has 0 saturated carbocycles. The van der Waals surface area contributed by atoms with E-state index in [9.17, 15) is 0 Å². The molecule has 0 N–H and O–H groups in total. The second-order valence-corrected chi connectivity index (χ2v) is 9.08. The van der Waals surface area contributed by atoms with Crippen LogP contribution in [0.1, 0.15) is 36.2 Å². The van der Waals surface area contributed by atoms with Crippen LogP contribution in [0.25, 0.3) is 0 Å². The molecule has 1 aliphatic heterocycles. The highest BCUT2D eigenvalue weighted by atomic mass is 79.9. The van der Waals surface area contributed by atoms with E-state index in [-0.39, 0.29) is 0 Å². The van der Waals surface area contributed by atoms with Crippen molar-refractivity contribution in [1.82, 2.24) is 19.7 Å². The van der Waals surface area contributed by atoms with Gasteiger partial charge in [-0.05, 0) is 49.2 Å². The average Bonchev–Trinajstić information content (AvgIpc) is 3.10. The van der Waals surface area contributed by atoms with Gasteiger partial charge in [-0.1, -0.05) is 76.6 Å². The molecule has 4 rings (SSSR count). The van der Waals surface area contributed by atoms with Crippen molar-refractivity contribution in [3.63, 3.8) is 0 Å². The quantitative estimate of drug-likeness (QED) is 0.447. The zero-order chi connectivity index (χ0) is 19.2. The van der Waals surface area contributed by atoms with E-state index < -0.39 is 0 Å². The zero-order valence-corrected chi connectivity index (χ0v) is 18.3. The fourth-order valence-corrected chi connectivity index (χ4v) is 4.69. The summed E-state index contributed by atoms with van der Waals surface area (Å²) in [6.45, 7) is 4.04. The van der Waals surface area contributed by atoms with Crippen LogP contribution in [0, 0.1) is 0 Å². The third-order valence-corrected chi connectivity index (χ3v) is 6.64. The van der Waals surface area contributed by atoms with Crippen LogP contribution in [0.5, 0.6) is 0 Å². The minimum atomic E-state index is 0.819. The minimum absolute atomic E-state index is 0.819. The van der Waals surface area contributed by atoms with E-state index in [4.69, 9.17) is 0 Å². The monoisotopic (exact) mass is 456 g/mol. The molecule has 0 bridgehead atoms. The first-order valence-electron chi connectivity index (χ1n) is 9.83. The van der Waals surface area contributed by atoms with Crippen LogP contribution in [0.15, 0.2) is 64.2 Å². The molecule has 3 aromatic rings. The first kappa shape index (κ1) is 19.7. The summed E-state index contributed by atoms with van der Waals surface area (Å²) >= 11 is 5.27. The molecule has 1 fully saturated rings. The van der Waals surface area contributed by atoms with Crippen LogP contribution in [0.2, 0.25) is 0 Å². The Morgan fingerprint density at radius 2 is 1.57 bits per heavy atom. The van der Waals surface area contributed by atoms with Gasteiger partial charge in [0.05, 0.1) is 13.1 Å². The van der Waals surface area contributed by atoms with Gasteiger partial charge in [-0.2, -0.15) is 0 Å². The zero-order valence-electron chi connectivity index (χ0n) is 15.9. The predicted molar refractivity (Wildman–Crippen MR) is 118 cm³/mol. The molecule has 4 nitrogen and oxygen atoms in total. The van der Waals surface area contributed by atoms with Crippen molar-refractivity contribution in [2.75, 3.05) is 13.1 Å². The molecular weight excluding hydrogens is 432 g/mol. The Kier molecular flexibility index (Phi) is 6.83. The fraction of sp³-hybridized carbons (Fsp3) is 0.364. The average molecular weight is 457 g/mol. The van der Waals surface area contributed by atoms with Crippen LogP contribution < -0.4 is 0 Å². The molecule has 0 atom stereocenters. The summed E-state index contributed by atoms with van der Waals surface area (Å²) in [5.74, 6) is 1.97. The van der Waals surface area contributed by atoms with Gasteiger partial charge in [-0.15, -0.1) is 10.2 Å². The standard InChI is InChI=1S/C22H25BrN4S/c23-20-11-9-19(10-12-20)17-28-22-25-24-21(16-26-13-5-2-6-14-26)27(22)15-18-7-3-1-4-8-18/h1,3-4,7-12H,2,5-6,13-17H2. The summed E-state index contributed by atoms with van der Waals surface area (Å²) in [5.41, 5.74) is 2.58. The van der Waals surface area contributed by atoms with Crippen molar-refractivity contribution in [2.24, 2.45) is 0 Å². The molecule has 0 aliphatic carbocycles. The first-order chi connectivity index (χ1) is 13.8. The fourth-order valence-electron chi connectivity index (χ4n) is 3.51. The van der Waals surface area contributed by atoms with Gasteiger partial charge >= 0.3 is 0 Å². The maximum atomic E-state index is 4.58. The van der Waals surface area contributed by atoms with Gasteiger partial charge in [0.15, 0.2) is 5.16 Å². The summed E-state index contributed by atoms with van der Waals surface area (Å²) in [7, 11) is 0. The number of rotatable bonds is 7. The van der Waals surface area contributed by atoms with Gasteiger partial charge < -0.3 is 4.57 Å². The number of hydrogen-bond acceptors (Lipinski definition) is 4. The van der Waals surface area contributed by atoms with E-state index in [0.717, 1.165) is 34.3 Å². The van der Waals surface area contributed by atoms with Gasteiger partial charge in [0, 0.05) is 10.2 Å². The van der Waals surface area contributed by atoms with Crippen molar-refractivity contribution >= 4 is 27.7 Å². The number of benzene rings is 2. The Morgan fingerprint density at radius 1 is 0.821 bits per heavy atom. The lowest BCUT2D eigenvalue weighted by Crippen LogP contribution is -2.30. The van der Waals surface area contributed by atoms with E-state index in [0.29, 0.717) is 0 Å². The molecule has 146 valence electrons. The molecule has 0 radical (unpaired) electrons. The van der Waals surface area contributed by atoms with E-state index in [2.05, 4.69) is 90.2 Å². The SMILES string of the molecule is Brc1ccc(CSc2nnc(CN3CCCCC3)n2Cc2ccccc2)cc1. The Balaban J connectivity index is 1.52. The Hall–Kier alpha value is -1.63. The summed E-state index contributed by atoms with van der Waals surface area (Å²) in [6.07, 6.45) is 3.93. The van der Waals surface area contributed by atoms with Crippen LogP contribution >= 0.6 is 27.7 Å². The number of halogens is 1. The molecule has 1 aliphatic rings. The molecule has 28 heavy (non-hydrogen) atoms. The summed E-state index contributed by atoms with van der Waals surface area (Å²) in [4.78, 5) is 2.51. The lowest BCUT2D eigenvalue weighted by atomic mass is 10.1. The minimum Gasteiger partial charge on any atom is -0.300 e. The number of thioether (sulfide) groups is 1. The lowest BCUT2D eigenvalue weighted by molar-refractivity contribution is 0.213. The largest absolute Gasteiger partial charge is 0.300 e. The molecule has 0 unspecified atom stereocenters. The second kappa shape index (κ2) is 9.72. The number of hydrogen-bond donors (Lipinski definition) is 0. The second-order valence-electron chi connectivity index (χ2n) is 7.22. The lowest BCUT2D eigenvalue weighted by Gasteiger charge is -2.26. The third-order valence-electron chi connectivity index (χ3n) is 5.07. The van der Waals surface area contributed by atoms with Crippen molar-refractivity contribution < 1.29 is 0 Å². The van der Waals surface area contributed by atoms with Crippen LogP contribution in [0.3, 0.4) is 0 Å². The summed E-state index contributed by atoms with van der Waals surface area (Å²) in [5, 5.41) is 10.1. The highest BCUT2D eigenvalue weighted by molar-refractivity contribution is 9.10. The molecule has 0 spiro atoms. The van der Waals surface area contributed by atoms with Crippen molar-refractivity contribution in [2.45, 2.75) is 43.3 Å². The Labute approximate surface area is 179 Å². The van der Waals surface area contributed by atoms with E-state index in [1.165, 1.54) is 43.5 Å². The number of likely N-dealkylation sites (tertiary alicyclic amines) is 1. The van der Waals surface area contributed by atoms with Crippen LogP contribution in [-0.2, 0) is 18.8 Å². The third kappa shape index (κ3) is 5.25. The van der Waals surface area contributed by atoms with Gasteiger partial charge in [0.1, 0.15) is 5.82 Å². The Bertz CT molecular complexity index is 873. The summed E-state index contributed by atoms with van der Waals surface area (Å²) in [6, 6.07) is 19.1. The van der Waals surface area contributed by atoms with Gasteiger partial charge in [-0.25, -0.2) is 0 Å². The van der Waals surface area contributed by atoms with Gasteiger partial charge in [0.2, 0.25) is 0 Å². The van der Waals surface area contributed by atoms with Crippen LogP contribution in [0.4, 0.5) is 0 Å².